The van der Waals surface area contributed by atoms with Gasteiger partial charge in [-0.3, -0.25) is 19.5 Å². The molecule has 2 bridgehead atoms. The van der Waals surface area contributed by atoms with E-state index in [1.54, 1.807) is 11.0 Å². The Kier molecular flexibility index (Phi) is 8.24. The number of hydrogen-bond acceptors (Lipinski definition) is 4. The molecule has 1 saturated carbocycles. The highest BCUT2D eigenvalue weighted by atomic mass is 16.2. The van der Waals surface area contributed by atoms with Crippen molar-refractivity contribution in [2.24, 2.45) is 22.7 Å². The second kappa shape index (κ2) is 11.8. The number of nitrogens with one attached hydrogen (secondary N) is 2. The van der Waals surface area contributed by atoms with E-state index in [0.29, 0.717) is 29.6 Å². The molecule has 3 heterocycles. The zero-order valence-corrected chi connectivity index (χ0v) is 24.1. The Bertz CT molecular complexity index is 1300. The smallest absolute Gasteiger partial charge is 0.321 e. The van der Waals surface area contributed by atoms with Crippen LogP contribution in [0.25, 0.3) is 0 Å². The van der Waals surface area contributed by atoms with E-state index in [1.807, 2.05) is 55.1 Å². The lowest BCUT2D eigenvalue weighted by atomic mass is 9.84. The van der Waals surface area contributed by atoms with E-state index in [2.05, 4.69) is 24.5 Å². The summed E-state index contributed by atoms with van der Waals surface area (Å²) in [5.41, 5.74) is 4.85. The molecule has 3 aliphatic heterocycles. The third-order valence-electron chi connectivity index (χ3n) is 8.32. The van der Waals surface area contributed by atoms with Crippen molar-refractivity contribution >= 4 is 34.9 Å². The van der Waals surface area contributed by atoms with Gasteiger partial charge in [0, 0.05) is 30.1 Å². The van der Waals surface area contributed by atoms with Crippen molar-refractivity contribution in [2.45, 2.75) is 66.0 Å². The van der Waals surface area contributed by atoms with Crippen molar-refractivity contribution in [1.82, 2.24) is 10.2 Å². The first-order valence-electron chi connectivity index (χ1n) is 14.6. The fourth-order valence-electron chi connectivity index (χ4n) is 6.34. The molecule has 8 nitrogen and oxygen atoms in total. The predicted molar refractivity (Wildman–Crippen MR) is 159 cm³/mol. The van der Waals surface area contributed by atoms with E-state index >= 15 is 0 Å². The molecule has 1 aliphatic carbocycles. The van der Waals surface area contributed by atoms with Crippen LogP contribution in [0.2, 0.25) is 0 Å². The number of amides is 4. The van der Waals surface area contributed by atoms with Gasteiger partial charge < -0.3 is 15.5 Å². The molecule has 2 saturated heterocycles. The Morgan fingerprint density at radius 3 is 2.33 bits per heavy atom. The lowest BCUT2D eigenvalue weighted by Gasteiger charge is -2.30. The molecule has 0 aromatic heterocycles. The standard InChI is InChI=1S/C32H41N5O3/c1-20(2)15-27-26-10-6-8-22(4)29(26)37(19-28(38)36-17-23-11-12-24(18-36)14-13-23)31(39)30(34-27)35-32(40)33-25-9-5-7-21(3)16-25/h5-10,16,20,23-24,30H,11-15,17-19H2,1-4H3,(H2,33,35,40)/t23?,24?,30-/m0/s1. The number of para-hydroxylation sites is 1. The summed E-state index contributed by atoms with van der Waals surface area (Å²) in [7, 11) is 0. The summed E-state index contributed by atoms with van der Waals surface area (Å²) in [4.78, 5) is 49.4. The van der Waals surface area contributed by atoms with Gasteiger partial charge in [0.15, 0.2) is 0 Å². The van der Waals surface area contributed by atoms with Crippen molar-refractivity contribution in [2.75, 3.05) is 29.9 Å². The minimum Gasteiger partial charge on any atom is -0.341 e. The number of carbonyl (C=O) groups excluding carboxylic acids is 3. The molecular weight excluding hydrogens is 502 g/mol. The van der Waals surface area contributed by atoms with Gasteiger partial charge in [-0.15, -0.1) is 0 Å². The van der Waals surface area contributed by atoms with Crippen LogP contribution < -0.4 is 15.5 Å². The van der Waals surface area contributed by atoms with Crippen LogP contribution in [-0.2, 0) is 9.59 Å². The van der Waals surface area contributed by atoms with Gasteiger partial charge in [0.1, 0.15) is 6.54 Å². The molecule has 1 atom stereocenters. The number of carbonyl (C=O) groups is 3. The highest BCUT2D eigenvalue weighted by Crippen LogP contribution is 2.35. The Labute approximate surface area is 237 Å². The van der Waals surface area contributed by atoms with Crippen LogP contribution in [0.3, 0.4) is 0 Å². The second-order valence-electron chi connectivity index (χ2n) is 12.1. The summed E-state index contributed by atoms with van der Waals surface area (Å²) in [5, 5.41) is 5.62. The normalized spacial score (nSPS) is 22.4. The molecule has 212 valence electrons. The third-order valence-corrected chi connectivity index (χ3v) is 8.32. The van der Waals surface area contributed by atoms with Crippen molar-refractivity contribution in [3.63, 3.8) is 0 Å². The molecule has 0 radical (unpaired) electrons. The van der Waals surface area contributed by atoms with Crippen LogP contribution >= 0.6 is 0 Å². The molecule has 2 aromatic carbocycles. The number of hydrogen-bond donors (Lipinski definition) is 2. The average Bonchev–Trinajstić information content (AvgIpc) is 3.28. The molecular formula is C32H41N5O3. The number of nitrogens with zero attached hydrogens (tertiary/aromatic N) is 3. The van der Waals surface area contributed by atoms with Crippen molar-refractivity contribution in [3.8, 4) is 0 Å². The van der Waals surface area contributed by atoms with E-state index in [0.717, 1.165) is 35.5 Å². The Morgan fingerprint density at radius 2 is 1.68 bits per heavy atom. The summed E-state index contributed by atoms with van der Waals surface area (Å²) < 4.78 is 0. The van der Waals surface area contributed by atoms with Gasteiger partial charge >= 0.3 is 6.03 Å². The maximum atomic E-state index is 14.2. The lowest BCUT2D eigenvalue weighted by molar-refractivity contribution is -0.132. The number of aryl methyl sites for hydroxylation is 2. The van der Waals surface area contributed by atoms with Gasteiger partial charge in [-0.1, -0.05) is 44.2 Å². The SMILES string of the molecule is Cc1cccc(NC(=O)N[C@@H]2N=C(CC(C)C)c3cccc(C)c3N(CC(=O)N3CC4CCC(CC4)C3)C2=O)c1. The zero-order valence-electron chi connectivity index (χ0n) is 24.1. The van der Waals surface area contributed by atoms with Crippen LogP contribution in [0.5, 0.6) is 0 Å². The second-order valence-corrected chi connectivity index (χ2v) is 12.1. The Hall–Kier alpha value is -3.68. The molecule has 3 fully saturated rings. The zero-order chi connectivity index (χ0) is 28.4. The summed E-state index contributed by atoms with van der Waals surface area (Å²) in [5.74, 6) is 0.913. The van der Waals surface area contributed by atoms with Crippen LogP contribution in [0, 0.1) is 31.6 Å². The lowest BCUT2D eigenvalue weighted by Crippen LogP contribution is -2.52. The van der Waals surface area contributed by atoms with Gasteiger partial charge in [0.2, 0.25) is 12.1 Å². The number of benzene rings is 2. The fraction of sp³-hybridized carbons (Fsp3) is 0.500. The topological polar surface area (TPSA) is 94.1 Å². The maximum absolute atomic E-state index is 14.2. The van der Waals surface area contributed by atoms with Crippen molar-refractivity contribution in [1.29, 1.82) is 0 Å². The Morgan fingerprint density at radius 1 is 1.00 bits per heavy atom. The minimum atomic E-state index is -1.15. The number of benzodiazepines with no additional fused rings is 1. The first-order valence-corrected chi connectivity index (χ1v) is 14.6. The summed E-state index contributed by atoms with van der Waals surface area (Å²) in [6, 6.07) is 12.8. The number of anilines is 2. The predicted octanol–water partition coefficient (Wildman–Crippen LogP) is 5.28. The van der Waals surface area contributed by atoms with E-state index in [9.17, 15) is 14.4 Å². The number of aliphatic imine (C=N–C) groups is 1. The average molecular weight is 544 g/mol. The third kappa shape index (κ3) is 6.21. The van der Waals surface area contributed by atoms with Gasteiger partial charge in [-0.05, 0) is 87.0 Å². The number of urea groups is 1. The molecule has 2 N–H and O–H groups in total. The molecule has 0 unspecified atom stereocenters. The quantitative estimate of drug-likeness (QED) is 0.519. The summed E-state index contributed by atoms with van der Waals surface area (Å²) in [6.45, 7) is 9.56. The number of fused-ring (bicyclic) bond motifs is 5. The molecule has 40 heavy (non-hydrogen) atoms. The van der Waals surface area contributed by atoms with Gasteiger partial charge in [-0.25, -0.2) is 4.79 Å². The molecule has 8 heteroatoms. The van der Waals surface area contributed by atoms with E-state index < -0.39 is 18.1 Å². The monoisotopic (exact) mass is 543 g/mol. The largest absolute Gasteiger partial charge is 0.341 e. The first-order chi connectivity index (χ1) is 19.2. The highest BCUT2D eigenvalue weighted by molar-refractivity contribution is 6.15. The van der Waals surface area contributed by atoms with E-state index in [4.69, 9.17) is 4.99 Å². The fourth-order valence-corrected chi connectivity index (χ4v) is 6.34. The molecule has 4 amide bonds. The summed E-state index contributed by atoms with van der Waals surface area (Å²) in [6.07, 6.45) is 4.18. The number of rotatable bonds is 6. The van der Waals surface area contributed by atoms with Gasteiger partial charge in [0.25, 0.3) is 5.91 Å². The van der Waals surface area contributed by atoms with Crippen molar-refractivity contribution in [3.05, 3.63) is 59.2 Å². The van der Waals surface area contributed by atoms with Crippen LogP contribution in [-0.4, -0.2) is 54.3 Å². The maximum Gasteiger partial charge on any atom is 0.321 e. The van der Waals surface area contributed by atoms with Crippen LogP contribution in [0.15, 0.2) is 47.5 Å². The highest BCUT2D eigenvalue weighted by Gasteiger charge is 2.37. The van der Waals surface area contributed by atoms with Crippen LogP contribution in [0.1, 0.15) is 62.6 Å². The van der Waals surface area contributed by atoms with Crippen LogP contribution in [0.4, 0.5) is 16.2 Å². The molecule has 4 aliphatic rings. The van der Waals surface area contributed by atoms with Gasteiger partial charge in [0.05, 0.1) is 5.69 Å². The minimum absolute atomic E-state index is 0.0448. The Balaban J connectivity index is 1.46. The molecule has 6 rings (SSSR count). The van der Waals surface area contributed by atoms with Crippen molar-refractivity contribution < 1.29 is 14.4 Å². The summed E-state index contributed by atoms with van der Waals surface area (Å²) >= 11 is 0. The van der Waals surface area contributed by atoms with Gasteiger partial charge in [-0.2, -0.15) is 0 Å². The molecule has 2 aromatic rings. The first kappa shape index (κ1) is 27.9. The molecule has 0 spiro atoms. The van der Waals surface area contributed by atoms with E-state index in [-0.39, 0.29) is 18.4 Å². The van der Waals surface area contributed by atoms with E-state index in [1.165, 1.54) is 25.7 Å².